The minimum absolute atomic E-state index is 0.182. The standard InChI is InChI=1S/C13H16N2O2/c1-10(11-5-3-2-4-6-11)9-15-8-7-12(16)14-13(15)17/h2-6,10H,7-9H2,1H3,(H,14,16,17). The molecule has 1 heterocycles. The summed E-state index contributed by atoms with van der Waals surface area (Å²) in [5.41, 5.74) is 1.21. The molecule has 1 fully saturated rings. The number of carbonyl (C=O) groups excluding carboxylic acids is 2. The summed E-state index contributed by atoms with van der Waals surface area (Å²) >= 11 is 0. The van der Waals surface area contributed by atoms with Crippen LogP contribution < -0.4 is 5.32 Å². The van der Waals surface area contributed by atoms with Gasteiger partial charge >= 0.3 is 6.03 Å². The van der Waals surface area contributed by atoms with E-state index >= 15 is 0 Å². The van der Waals surface area contributed by atoms with Crippen molar-refractivity contribution in [2.45, 2.75) is 19.3 Å². The number of hydrogen-bond donors (Lipinski definition) is 1. The fraction of sp³-hybridized carbons (Fsp3) is 0.385. The Hall–Kier alpha value is -1.84. The third-order valence-electron chi connectivity index (χ3n) is 3.01. The van der Waals surface area contributed by atoms with E-state index in [-0.39, 0.29) is 17.9 Å². The Morgan fingerprint density at radius 3 is 2.65 bits per heavy atom. The third kappa shape index (κ3) is 2.84. The van der Waals surface area contributed by atoms with Gasteiger partial charge in [-0.1, -0.05) is 37.3 Å². The van der Waals surface area contributed by atoms with Crippen molar-refractivity contribution in [3.8, 4) is 0 Å². The summed E-state index contributed by atoms with van der Waals surface area (Å²) < 4.78 is 0. The van der Waals surface area contributed by atoms with Crippen LogP contribution in [-0.2, 0) is 4.79 Å². The zero-order valence-electron chi connectivity index (χ0n) is 9.85. The number of nitrogens with zero attached hydrogens (tertiary/aromatic N) is 1. The minimum Gasteiger partial charge on any atom is -0.323 e. The Balaban J connectivity index is 1.97. The van der Waals surface area contributed by atoms with E-state index in [4.69, 9.17) is 0 Å². The maximum atomic E-state index is 11.6. The minimum atomic E-state index is -0.274. The van der Waals surface area contributed by atoms with Crippen molar-refractivity contribution in [3.05, 3.63) is 35.9 Å². The Bertz CT molecular complexity index is 417. The second-order valence-electron chi connectivity index (χ2n) is 4.36. The first-order valence-electron chi connectivity index (χ1n) is 5.80. The van der Waals surface area contributed by atoms with Gasteiger partial charge in [-0.3, -0.25) is 10.1 Å². The molecule has 0 spiro atoms. The highest BCUT2D eigenvalue weighted by molar-refractivity contribution is 5.96. The van der Waals surface area contributed by atoms with Crippen LogP contribution in [0.3, 0.4) is 0 Å². The lowest BCUT2D eigenvalue weighted by molar-refractivity contribution is -0.121. The number of hydrogen-bond acceptors (Lipinski definition) is 2. The average Bonchev–Trinajstić information content (AvgIpc) is 2.34. The Morgan fingerprint density at radius 1 is 1.29 bits per heavy atom. The molecule has 1 aliphatic rings. The van der Waals surface area contributed by atoms with Crippen LogP contribution in [0.2, 0.25) is 0 Å². The number of nitrogens with one attached hydrogen (secondary N) is 1. The van der Waals surface area contributed by atoms with Crippen LogP contribution in [0.4, 0.5) is 4.79 Å². The lowest BCUT2D eigenvalue weighted by Gasteiger charge is -2.29. The molecule has 1 saturated heterocycles. The van der Waals surface area contributed by atoms with Crippen molar-refractivity contribution < 1.29 is 9.59 Å². The summed E-state index contributed by atoms with van der Waals surface area (Å²) in [6.45, 7) is 3.24. The highest BCUT2D eigenvalue weighted by Crippen LogP contribution is 2.17. The molecule has 0 aliphatic carbocycles. The zero-order valence-corrected chi connectivity index (χ0v) is 9.85. The van der Waals surface area contributed by atoms with Gasteiger partial charge in [-0.15, -0.1) is 0 Å². The molecule has 17 heavy (non-hydrogen) atoms. The summed E-state index contributed by atoms with van der Waals surface area (Å²) in [6.07, 6.45) is 0.396. The van der Waals surface area contributed by atoms with E-state index in [1.165, 1.54) is 5.56 Å². The molecule has 1 aromatic rings. The van der Waals surface area contributed by atoms with Gasteiger partial charge in [-0.2, -0.15) is 0 Å². The quantitative estimate of drug-likeness (QED) is 0.862. The van der Waals surface area contributed by atoms with Crippen LogP contribution in [0.1, 0.15) is 24.8 Å². The highest BCUT2D eigenvalue weighted by Gasteiger charge is 2.24. The molecule has 4 nitrogen and oxygen atoms in total. The van der Waals surface area contributed by atoms with Gasteiger partial charge in [0.2, 0.25) is 5.91 Å². The van der Waals surface area contributed by atoms with Crippen molar-refractivity contribution in [1.29, 1.82) is 0 Å². The molecule has 0 bridgehead atoms. The highest BCUT2D eigenvalue weighted by atomic mass is 16.2. The van der Waals surface area contributed by atoms with Gasteiger partial charge in [0.05, 0.1) is 0 Å². The largest absolute Gasteiger partial charge is 0.324 e. The number of amides is 3. The average molecular weight is 232 g/mol. The van der Waals surface area contributed by atoms with E-state index in [9.17, 15) is 9.59 Å². The van der Waals surface area contributed by atoms with Crippen molar-refractivity contribution in [3.63, 3.8) is 0 Å². The van der Waals surface area contributed by atoms with Crippen LogP contribution >= 0.6 is 0 Å². The molecule has 0 radical (unpaired) electrons. The predicted molar refractivity (Wildman–Crippen MR) is 64.6 cm³/mol. The summed E-state index contributed by atoms with van der Waals surface area (Å²) in [4.78, 5) is 24.3. The van der Waals surface area contributed by atoms with Gasteiger partial charge in [-0.25, -0.2) is 4.79 Å². The van der Waals surface area contributed by atoms with Crippen molar-refractivity contribution in [1.82, 2.24) is 10.2 Å². The van der Waals surface area contributed by atoms with E-state index in [1.807, 2.05) is 18.2 Å². The van der Waals surface area contributed by atoms with Gasteiger partial charge < -0.3 is 4.90 Å². The SMILES string of the molecule is CC(CN1CCC(=O)NC1=O)c1ccccc1. The van der Waals surface area contributed by atoms with Gasteiger partial charge in [-0.05, 0) is 11.5 Å². The smallest absolute Gasteiger partial charge is 0.323 e. The molecule has 0 aromatic heterocycles. The summed E-state index contributed by atoms with van der Waals surface area (Å²) in [5, 5.41) is 2.33. The number of benzene rings is 1. The molecular formula is C13H16N2O2. The molecule has 4 heteroatoms. The van der Waals surface area contributed by atoms with Crippen LogP contribution in [0.5, 0.6) is 0 Å². The Labute approximate surface area is 101 Å². The molecular weight excluding hydrogens is 216 g/mol. The lowest BCUT2D eigenvalue weighted by Crippen LogP contribution is -2.50. The lowest BCUT2D eigenvalue weighted by atomic mass is 10.0. The number of rotatable bonds is 3. The van der Waals surface area contributed by atoms with Gasteiger partial charge in [0.25, 0.3) is 0 Å². The predicted octanol–water partition coefficient (Wildman–Crippen LogP) is 1.73. The normalized spacial score (nSPS) is 17.8. The molecule has 1 atom stereocenters. The van der Waals surface area contributed by atoms with Gasteiger partial charge in [0.1, 0.15) is 0 Å². The maximum Gasteiger partial charge on any atom is 0.324 e. The fourth-order valence-electron chi connectivity index (χ4n) is 1.99. The van der Waals surface area contributed by atoms with Crippen molar-refractivity contribution in [2.75, 3.05) is 13.1 Å². The van der Waals surface area contributed by atoms with E-state index in [1.54, 1.807) is 4.90 Å². The number of carbonyl (C=O) groups is 2. The summed E-state index contributed by atoms with van der Waals surface area (Å²) in [6, 6.07) is 9.79. The number of imide groups is 1. The molecule has 0 saturated carbocycles. The van der Waals surface area contributed by atoms with Gasteiger partial charge in [0.15, 0.2) is 0 Å². The summed E-state index contributed by atoms with van der Waals surface area (Å²) in [5.74, 6) is 0.0915. The monoisotopic (exact) mass is 232 g/mol. The van der Waals surface area contributed by atoms with Crippen LogP contribution in [0.15, 0.2) is 30.3 Å². The first kappa shape index (κ1) is 11.6. The Kier molecular flexibility index (Phi) is 3.42. The van der Waals surface area contributed by atoms with Crippen LogP contribution in [0.25, 0.3) is 0 Å². The molecule has 1 aromatic carbocycles. The first-order valence-corrected chi connectivity index (χ1v) is 5.80. The number of urea groups is 1. The Morgan fingerprint density at radius 2 is 2.00 bits per heavy atom. The van der Waals surface area contributed by atoms with Crippen LogP contribution in [0, 0.1) is 0 Å². The fourth-order valence-corrected chi connectivity index (χ4v) is 1.99. The first-order chi connectivity index (χ1) is 8.16. The van der Waals surface area contributed by atoms with E-state index < -0.39 is 0 Å². The molecule has 3 amide bonds. The molecule has 1 N–H and O–H groups in total. The second kappa shape index (κ2) is 4.99. The summed E-state index contributed by atoms with van der Waals surface area (Å²) in [7, 11) is 0. The second-order valence-corrected chi connectivity index (χ2v) is 4.36. The molecule has 2 rings (SSSR count). The van der Waals surface area contributed by atoms with Crippen LogP contribution in [-0.4, -0.2) is 29.9 Å². The maximum absolute atomic E-state index is 11.6. The zero-order chi connectivity index (χ0) is 12.3. The van der Waals surface area contributed by atoms with Crippen molar-refractivity contribution >= 4 is 11.9 Å². The molecule has 90 valence electrons. The van der Waals surface area contributed by atoms with E-state index in [0.717, 1.165) is 0 Å². The third-order valence-corrected chi connectivity index (χ3v) is 3.01. The van der Waals surface area contributed by atoms with E-state index in [0.29, 0.717) is 19.5 Å². The topological polar surface area (TPSA) is 49.4 Å². The molecule has 1 aliphatic heterocycles. The van der Waals surface area contributed by atoms with E-state index in [2.05, 4.69) is 24.4 Å². The van der Waals surface area contributed by atoms with Gasteiger partial charge in [0, 0.05) is 19.5 Å². The molecule has 1 unspecified atom stereocenters. The van der Waals surface area contributed by atoms with Crippen molar-refractivity contribution in [2.24, 2.45) is 0 Å².